The normalized spacial score (nSPS) is 15.5. The molecule has 1 aromatic carbocycles. The summed E-state index contributed by atoms with van der Waals surface area (Å²) in [5.41, 5.74) is 1.62. The van der Waals surface area contributed by atoms with Gasteiger partial charge in [-0.05, 0) is 70.7 Å². The Morgan fingerprint density at radius 3 is 2.43 bits per heavy atom. The van der Waals surface area contributed by atoms with Crippen LogP contribution in [0.15, 0.2) is 30.0 Å². The van der Waals surface area contributed by atoms with Gasteiger partial charge in [-0.3, -0.25) is 9.88 Å². The fourth-order valence-electron chi connectivity index (χ4n) is 4.42. The van der Waals surface area contributed by atoms with Crippen molar-refractivity contribution in [2.45, 2.75) is 52.1 Å². The Bertz CT molecular complexity index is 1260. The molecular formula is C27H29F2N5O3. The second-order valence-electron chi connectivity index (χ2n) is 10.1. The van der Waals surface area contributed by atoms with Crippen LogP contribution in [0, 0.1) is 23.0 Å². The minimum absolute atomic E-state index is 0.0767. The number of urea groups is 1. The first kappa shape index (κ1) is 26.1. The van der Waals surface area contributed by atoms with Crippen LogP contribution in [-0.2, 0) is 11.2 Å². The van der Waals surface area contributed by atoms with Crippen molar-refractivity contribution >= 4 is 29.6 Å². The van der Waals surface area contributed by atoms with E-state index in [1.165, 1.54) is 11.0 Å². The largest absolute Gasteiger partial charge is 0.443 e. The van der Waals surface area contributed by atoms with Crippen molar-refractivity contribution in [3.05, 3.63) is 58.4 Å². The van der Waals surface area contributed by atoms with Crippen LogP contribution >= 0.6 is 0 Å². The Balaban J connectivity index is 1.46. The molecule has 1 aromatic heterocycles. The number of fused-ring (bicyclic) bond motifs is 1. The van der Waals surface area contributed by atoms with Crippen LogP contribution < -0.4 is 10.2 Å². The number of aromatic nitrogens is 1. The predicted octanol–water partition coefficient (Wildman–Crippen LogP) is 5.63. The fourth-order valence-corrected chi connectivity index (χ4v) is 4.42. The molecule has 2 aromatic rings. The van der Waals surface area contributed by atoms with Gasteiger partial charge in [-0.15, -0.1) is 0 Å². The Morgan fingerprint density at radius 2 is 1.81 bits per heavy atom. The van der Waals surface area contributed by atoms with Crippen molar-refractivity contribution in [3.63, 3.8) is 0 Å². The number of carbonyl (C=O) groups excluding carboxylic acids is 2. The lowest BCUT2D eigenvalue weighted by molar-refractivity contribution is 0.0577. The van der Waals surface area contributed by atoms with E-state index in [9.17, 15) is 18.4 Å². The van der Waals surface area contributed by atoms with Crippen molar-refractivity contribution in [1.82, 2.24) is 9.88 Å². The number of nitrogens with zero attached hydrogens (tertiary/aromatic N) is 4. The van der Waals surface area contributed by atoms with E-state index in [1.54, 1.807) is 44.0 Å². The van der Waals surface area contributed by atoms with E-state index in [2.05, 4.69) is 10.3 Å². The third kappa shape index (κ3) is 6.05. The number of ether oxygens (including phenoxy) is 1. The van der Waals surface area contributed by atoms with E-state index in [1.807, 2.05) is 0 Å². The van der Waals surface area contributed by atoms with Gasteiger partial charge in [0, 0.05) is 31.4 Å². The SMILES string of the molecule is CC(C)(C)OC(=O)N1CCCc2nccc(NC(=O)N3CCC(=Cc4c(F)cc(C#N)cc4F)CC3)c21. The Hall–Kier alpha value is -4.00. The van der Waals surface area contributed by atoms with Crippen LogP contribution in [0.25, 0.3) is 6.08 Å². The third-order valence-corrected chi connectivity index (χ3v) is 6.17. The topological polar surface area (TPSA) is 98.6 Å². The molecule has 10 heteroatoms. The lowest BCUT2D eigenvalue weighted by Gasteiger charge is -2.33. The van der Waals surface area contributed by atoms with Crippen LogP contribution in [0.2, 0.25) is 0 Å². The van der Waals surface area contributed by atoms with Crippen molar-refractivity contribution in [1.29, 1.82) is 5.26 Å². The summed E-state index contributed by atoms with van der Waals surface area (Å²) in [6, 6.07) is 5.07. The summed E-state index contributed by atoms with van der Waals surface area (Å²) in [4.78, 5) is 33.5. The summed E-state index contributed by atoms with van der Waals surface area (Å²) >= 11 is 0. The van der Waals surface area contributed by atoms with Crippen LogP contribution in [0.5, 0.6) is 0 Å². The first-order valence-electron chi connectivity index (χ1n) is 12.2. The molecule has 0 spiro atoms. The number of anilines is 2. The molecule has 2 aliphatic heterocycles. The Kier molecular flexibility index (Phi) is 7.43. The van der Waals surface area contributed by atoms with Gasteiger partial charge in [-0.2, -0.15) is 5.26 Å². The average molecular weight is 510 g/mol. The number of benzene rings is 1. The molecule has 1 N–H and O–H groups in total. The van der Waals surface area contributed by atoms with Gasteiger partial charge < -0.3 is 15.0 Å². The molecule has 37 heavy (non-hydrogen) atoms. The smallest absolute Gasteiger partial charge is 0.414 e. The highest BCUT2D eigenvalue weighted by Crippen LogP contribution is 2.35. The van der Waals surface area contributed by atoms with Gasteiger partial charge in [0.1, 0.15) is 17.2 Å². The predicted molar refractivity (Wildman–Crippen MR) is 135 cm³/mol. The Labute approximate surface area is 214 Å². The van der Waals surface area contributed by atoms with E-state index in [0.717, 1.165) is 24.1 Å². The number of pyridine rings is 1. The number of likely N-dealkylation sites (tertiary alicyclic amines) is 1. The number of aryl methyl sites for hydroxylation is 1. The molecule has 1 fully saturated rings. The quantitative estimate of drug-likeness (QED) is 0.566. The molecule has 1 saturated heterocycles. The fraction of sp³-hybridized carbons (Fsp3) is 0.407. The van der Waals surface area contributed by atoms with Crippen LogP contribution in [-0.4, -0.2) is 47.2 Å². The van der Waals surface area contributed by atoms with E-state index in [4.69, 9.17) is 10.00 Å². The first-order chi connectivity index (χ1) is 17.6. The van der Waals surface area contributed by atoms with Gasteiger partial charge in [-0.1, -0.05) is 5.57 Å². The van der Waals surface area contributed by atoms with Gasteiger partial charge in [-0.25, -0.2) is 18.4 Å². The monoisotopic (exact) mass is 509 g/mol. The second-order valence-corrected chi connectivity index (χ2v) is 10.1. The van der Waals surface area contributed by atoms with Gasteiger partial charge in [0.25, 0.3) is 0 Å². The number of amides is 3. The summed E-state index contributed by atoms with van der Waals surface area (Å²) < 4.78 is 34.1. The molecule has 2 aliphatic rings. The maximum atomic E-state index is 14.3. The van der Waals surface area contributed by atoms with Crippen molar-refractivity contribution in [3.8, 4) is 6.07 Å². The maximum absolute atomic E-state index is 14.3. The summed E-state index contributed by atoms with van der Waals surface area (Å²) in [6.45, 7) is 6.57. The zero-order chi connectivity index (χ0) is 26.7. The first-order valence-corrected chi connectivity index (χ1v) is 12.2. The van der Waals surface area contributed by atoms with Crippen LogP contribution in [0.4, 0.5) is 29.7 Å². The second kappa shape index (κ2) is 10.5. The summed E-state index contributed by atoms with van der Waals surface area (Å²) in [5.74, 6) is -1.58. The van der Waals surface area contributed by atoms with Crippen molar-refractivity contribution in [2.24, 2.45) is 0 Å². The van der Waals surface area contributed by atoms with Gasteiger partial charge in [0.05, 0.1) is 28.7 Å². The number of halogens is 2. The lowest BCUT2D eigenvalue weighted by Crippen LogP contribution is -2.42. The minimum atomic E-state index is -0.791. The molecule has 3 amide bonds. The molecule has 0 unspecified atom stereocenters. The van der Waals surface area contributed by atoms with E-state index >= 15 is 0 Å². The zero-order valence-electron chi connectivity index (χ0n) is 21.1. The number of nitrogens with one attached hydrogen (secondary N) is 1. The highest BCUT2D eigenvalue weighted by atomic mass is 19.1. The van der Waals surface area contributed by atoms with Crippen LogP contribution in [0.1, 0.15) is 56.9 Å². The number of rotatable bonds is 2. The van der Waals surface area contributed by atoms with E-state index in [-0.39, 0.29) is 17.2 Å². The average Bonchev–Trinajstić information content (AvgIpc) is 2.85. The van der Waals surface area contributed by atoms with E-state index in [0.29, 0.717) is 56.0 Å². The molecule has 0 bridgehead atoms. The molecule has 194 valence electrons. The highest BCUT2D eigenvalue weighted by molar-refractivity contribution is 5.99. The number of nitriles is 1. The third-order valence-electron chi connectivity index (χ3n) is 6.17. The molecule has 0 atom stereocenters. The molecule has 0 saturated carbocycles. The van der Waals surface area contributed by atoms with Crippen molar-refractivity contribution < 1.29 is 23.1 Å². The molecular weight excluding hydrogens is 480 g/mol. The molecule has 0 radical (unpaired) electrons. The highest BCUT2D eigenvalue weighted by Gasteiger charge is 2.31. The summed E-state index contributed by atoms with van der Waals surface area (Å²) in [5, 5.41) is 11.8. The molecule has 3 heterocycles. The van der Waals surface area contributed by atoms with E-state index < -0.39 is 23.3 Å². The lowest BCUT2D eigenvalue weighted by atomic mass is 10.00. The minimum Gasteiger partial charge on any atom is -0.443 e. The van der Waals surface area contributed by atoms with Gasteiger partial charge in [0.2, 0.25) is 0 Å². The molecule has 8 nitrogen and oxygen atoms in total. The molecule has 0 aliphatic carbocycles. The molecule has 4 rings (SSSR count). The van der Waals surface area contributed by atoms with Crippen molar-refractivity contribution in [2.75, 3.05) is 29.9 Å². The van der Waals surface area contributed by atoms with Crippen LogP contribution in [0.3, 0.4) is 0 Å². The number of hydrogen-bond donors (Lipinski definition) is 1. The summed E-state index contributed by atoms with van der Waals surface area (Å²) in [7, 11) is 0. The number of hydrogen-bond acceptors (Lipinski definition) is 5. The maximum Gasteiger partial charge on any atom is 0.414 e. The van der Waals surface area contributed by atoms with Gasteiger partial charge >= 0.3 is 12.1 Å². The number of piperidine rings is 1. The Morgan fingerprint density at radius 1 is 1.14 bits per heavy atom. The number of carbonyl (C=O) groups is 2. The standard InChI is InChI=1S/C27H29F2N5O3/c1-27(2,3)37-26(36)34-10-4-5-22-24(34)23(6-9-31-22)32-25(35)33-11-7-17(8-12-33)13-19-20(28)14-18(16-30)15-21(19)29/h6,9,13-15H,4-5,7-8,10-12H2,1-3H3,(H,31,32,35). The summed E-state index contributed by atoms with van der Waals surface area (Å²) in [6.07, 6.45) is 4.88. The zero-order valence-corrected chi connectivity index (χ0v) is 21.1. The van der Waals surface area contributed by atoms with Gasteiger partial charge in [0.15, 0.2) is 0 Å².